The van der Waals surface area contributed by atoms with Crippen molar-refractivity contribution in [2.75, 3.05) is 31.2 Å². The number of halogens is 1. The topological polar surface area (TPSA) is 66.9 Å². The van der Waals surface area contributed by atoms with Crippen LogP contribution in [0, 0.1) is 11.8 Å². The number of hydrogen-bond donors (Lipinski definition) is 1. The summed E-state index contributed by atoms with van der Waals surface area (Å²) in [5, 5.41) is 0.353. The van der Waals surface area contributed by atoms with Crippen LogP contribution in [0.4, 0.5) is 5.69 Å². The van der Waals surface area contributed by atoms with Crippen molar-refractivity contribution in [2.45, 2.75) is 26.2 Å². The van der Waals surface area contributed by atoms with Gasteiger partial charge in [0.05, 0.1) is 13.2 Å². The van der Waals surface area contributed by atoms with E-state index >= 15 is 0 Å². The van der Waals surface area contributed by atoms with Crippen LogP contribution in [-0.2, 0) is 4.74 Å². The van der Waals surface area contributed by atoms with Crippen LogP contribution in [-0.4, -0.2) is 46.2 Å². The third-order valence-corrected chi connectivity index (χ3v) is 4.94. The average Bonchev–Trinajstić information content (AvgIpc) is 3.16. The lowest BCUT2D eigenvalue weighted by molar-refractivity contribution is 0.122. The minimum absolute atomic E-state index is 0.353. The number of ether oxygens (including phenoxy) is 1. The largest absolute Gasteiger partial charge is 0.378 e. The minimum atomic E-state index is 0.353. The summed E-state index contributed by atoms with van der Waals surface area (Å²) in [4.78, 5) is 18.9. The molecule has 0 saturated carbocycles. The summed E-state index contributed by atoms with van der Waals surface area (Å²) in [5.41, 5.74) is 3.23. The SMILES string of the molecule is CCCCC#Cc1nc2nc(-c3ccc(N4CCOCC4)cc3)nc(Cl)c2[nH]1. The van der Waals surface area contributed by atoms with Gasteiger partial charge in [-0.1, -0.05) is 30.9 Å². The van der Waals surface area contributed by atoms with Crippen LogP contribution in [0.15, 0.2) is 24.3 Å². The quantitative estimate of drug-likeness (QED) is 0.410. The fraction of sp³-hybridized carbons (Fsp3) is 0.381. The second-order valence-electron chi connectivity index (χ2n) is 6.67. The summed E-state index contributed by atoms with van der Waals surface area (Å²) >= 11 is 6.37. The van der Waals surface area contributed by atoms with Gasteiger partial charge in [0.25, 0.3) is 0 Å². The molecule has 1 saturated heterocycles. The molecule has 2 aromatic heterocycles. The summed E-state index contributed by atoms with van der Waals surface area (Å²) in [5.74, 6) is 7.29. The maximum atomic E-state index is 6.37. The molecule has 0 amide bonds. The van der Waals surface area contributed by atoms with Crippen LogP contribution in [0.25, 0.3) is 22.6 Å². The number of unbranched alkanes of at least 4 members (excludes halogenated alkanes) is 2. The monoisotopic (exact) mass is 395 g/mol. The third-order valence-electron chi connectivity index (χ3n) is 4.67. The number of aromatic amines is 1. The van der Waals surface area contributed by atoms with E-state index < -0.39 is 0 Å². The molecule has 1 N–H and O–H groups in total. The molecular formula is C21H22ClN5O. The maximum absolute atomic E-state index is 6.37. The Kier molecular flexibility index (Phi) is 5.75. The molecule has 0 radical (unpaired) electrons. The standard InChI is InChI=1S/C21H22ClN5O/c1-2-3-4-5-6-17-23-18-19(22)25-20(26-21(18)24-17)15-7-9-16(10-8-15)27-11-13-28-14-12-27/h7-10H,2-4,11-14H2,1H3,(H,23,24,25,26). The Hall–Kier alpha value is -2.62. The molecule has 7 heteroatoms. The van der Waals surface area contributed by atoms with Gasteiger partial charge < -0.3 is 14.6 Å². The van der Waals surface area contributed by atoms with Crippen molar-refractivity contribution < 1.29 is 4.74 Å². The molecule has 1 aliphatic rings. The van der Waals surface area contributed by atoms with Crippen LogP contribution in [0.3, 0.4) is 0 Å². The second kappa shape index (κ2) is 8.59. The molecule has 0 atom stereocenters. The lowest BCUT2D eigenvalue weighted by Gasteiger charge is -2.28. The zero-order chi connectivity index (χ0) is 19.3. The normalized spacial score (nSPS) is 14.1. The number of morpholine rings is 1. The van der Waals surface area contributed by atoms with Crippen molar-refractivity contribution >= 4 is 28.5 Å². The van der Waals surface area contributed by atoms with Crippen LogP contribution >= 0.6 is 11.6 Å². The second-order valence-corrected chi connectivity index (χ2v) is 7.03. The van der Waals surface area contributed by atoms with Crippen molar-refractivity contribution in [1.29, 1.82) is 0 Å². The molecule has 28 heavy (non-hydrogen) atoms. The predicted octanol–water partition coefficient (Wildman–Crippen LogP) is 4.05. The number of benzene rings is 1. The Balaban J connectivity index is 1.58. The molecule has 1 aromatic carbocycles. The van der Waals surface area contributed by atoms with E-state index in [2.05, 4.69) is 55.7 Å². The fourth-order valence-corrected chi connectivity index (χ4v) is 3.32. The number of nitrogens with zero attached hydrogens (tertiary/aromatic N) is 4. The Bertz CT molecular complexity index is 1010. The van der Waals surface area contributed by atoms with Crippen LogP contribution in [0.2, 0.25) is 5.15 Å². The van der Waals surface area contributed by atoms with E-state index in [0.717, 1.165) is 51.1 Å². The molecule has 0 aliphatic carbocycles. The molecular weight excluding hydrogens is 374 g/mol. The summed E-state index contributed by atoms with van der Waals surface area (Å²) in [6, 6.07) is 8.19. The van der Waals surface area contributed by atoms with Gasteiger partial charge in [-0.15, -0.1) is 0 Å². The first-order chi connectivity index (χ1) is 13.7. The number of hydrogen-bond acceptors (Lipinski definition) is 5. The molecule has 1 fully saturated rings. The highest BCUT2D eigenvalue weighted by Gasteiger charge is 2.14. The molecule has 0 bridgehead atoms. The molecule has 3 heterocycles. The van der Waals surface area contributed by atoms with Gasteiger partial charge in [0.1, 0.15) is 5.52 Å². The van der Waals surface area contributed by atoms with E-state index in [1.54, 1.807) is 0 Å². The molecule has 0 unspecified atom stereocenters. The Labute approximate surface area is 169 Å². The first-order valence-electron chi connectivity index (χ1n) is 9.60. The minimum Gasteiger partial charge on any atom is -0.378 e. The Morgan fingerprint density at radius 2 is 1.93 bits per heavy atom. The number of fused-ring (bicyclic) bond motifs is 1. The Morgan fingerprint density at radius 3 is 2.68 bits per heavy atom. The van der Waals surface area contributed by atoms with Gasteiger partial charge in [-0.2, -0.15) is 0 Å². The van der Waals surface area contributed by atoms with Gasteiger partial charge >= 0.3 is 0 Å². The van der Waals surface area contributed by atoms with Crippen molar-refractivity contribution in [3.05, 3.63) is 35.2 Å². The van der Waals surface area contributed by atoms with Crippen LogP contribution in [0.5, 0.6) is 0 Å². The van der Waals surface area contributed by atoms with E-state index in [-0.39, 0.29) is 0 Å². The summed E-state index contributed by atoms with van der Waals surface area (Å²) in [6.45, 7) is 5.49. The maximum Gasteiger partial charge on any atom is 0.185 e. The zero-order valence-corrected chi connectivity index (χ0v) is 16.6. The van der Waals surface area contributed by atoms with Crippen molar-refractivity contribution in [1.82, 2.24) is 19.9 Å². The summed E-state index contributed by atoms with van der Waals surface area (Å²) in [6.07, 6.45) is 3.06. The zero-order valence-electron chi connectivity index (χ0n) is 15.8. The third kappa shape index (κ3) is 4.11. The highest BCUT2D eigenvalue weighted by atomic mass is 35.5. The van der Waals surface area contributed by atoms with Crippen molar-refractivity contribution in [3.8, 4) is 23.2 Å². The highest BCUT2D eigenvalue weighted by molar-refractivity contribution is 6.33. The molecule has 3 aromatic rings. The molecule has 1 aliphatic heterocycles. The number of rotatable bonds is 4. The summed E-state index contributed by atoms with van der Waals surface area (Å²) in [7, 11) is 0. The average molecular weight is 396 g/mol. The smallest absolute Gasteiger partial charge is 0.185 e. The van der Waals surface area contributed by atoms with Gasteiger partial charge in [0, 0.05) is 30.8 Å². The lowest BCUT2D eigenvalue weighted by atomic mass is 10.1. The van der Waals surface area contributed by atoms with E-state index in [1.807, 2.05) is 12.1 Å². The first kappa shape index (κ1) is 18.7. The van der Waals surface area contributed by atoms with Gasteiger partial charge in [-0.05, 0) is 36.6 Å². The van der Waals surface area contributed by atoms with Crippen molar-refractivity contribution in [3.63, 3.8) is 0 Å². The number of H-pyrrole nitrogens is 1. The highest BCUT2D eigenvalue weighted by Crippen LogP contribution is 2.25. The van der Waals surface area contributed by atoms with Crippen LogP contribution < -0.4 is 4.90 Å². The van der Waals surface area contributed by atoms with E-state index in [4.69, 9.17) is 16.3 Å². The van der Waals surface area contributed by atoms with E-state index in [0.29, 0.717) is 28.0 Å². The number of nitrogens with one attached hydrogen (secondary N) is 1. The molecule has 4 rings (SSSR count). The van der Waals surface area contributed by atoms with Gasteiger partial charge in [0.15, 0.2) is 22.4 Å². The van der Waals surface area contributed by atoms with Gasteiger partial charge in [-0.3, -0.25) is 0 Å². The van der Waals surface area contributed by atoms with Crippen molar-refractivity contribution in [2.24, 2.45) is 0 Å². The molecule has 144 valence electrons. The molecule has 0 spiro atoms. The van der Waals surface area contributed by atoms with E-state index in [1.165, 1.54) is 5.69 Å². The number of anilines is 1. The molecule has 6 nitrogen and oxygen atoms in total. The number of aromatic nitrogens is 4. The predicted molar refractivity (Wildman–Crippen MR) is 112 cm³/mol. The first-order valence-corrected chi connectivity index (χ1v) is 9.97. The van der Waals surface area contributed by atoms with E-state index in [9.17, 15) is 0 Å². The summed E-state index contributed by atoms with van der Waals surface area (Å²) < 4.78 is 5.41. The Morgan fingerprint density at radius 1 is 1.14 bits per heavy atom. The fourth-order valence-electron chi connectivity index (χ4n) is 3.11. The lowest BCUT2D eigenvalue weighted by Crippen LogP contribution is -2.36. The number of imidazole rings is 1. The van der Waals surface area contributed by atoms with Gasteiger partial charge in [0.2, 0.25) is 0 Å². The van der Waals surface area contributed by atoms with Crippen LogP contribution in [0.1, 0.15) is 32.0 Å². The van der Waals surface area contributed by atoms with Gasteiger partial charge in [-0.25, -0.2) is 15.0 Å².